The van der Waals surface area contributed by atoms with Crippen LogP contribution in [0.2, 0.25) is 0 Å². The normalized spacial score (nSPS) is 15.9. The van der Waals surface area contributed by atoms with E-state index in [1.807, 2.05) is 17.5 Å². The molecular formula is C17H17N3OS. The topological polar surface area (TPSA) is 42.2 Å². The summed E-state index contributed by atoms with van der Waals surface area (Å²) in [4.78, 5) is 8.00. The first-order valence-electron chi connectivity index (χ1n) is 7.43. The largest absolute Gasteiger partial charge is 0.339 e. The number of hydrogen-bond acceptors (Lipinski definition) is 5. The van der Waals surface area contributed by atoms with Gasteiger partial charge < -0.3 is 4.52 Å². The van der Waals surface area contributed by atoms with Gasteiger partial charge in [-0.15, -0.1) is 11.3 Å². The van der Waals surface area contributed by atoms with E-state index < -0.39 is 0 Å². The molecule has 0 saturated carbocycles. The fourth-order valence-electron chi connectivity index (χ4n) is 2.71. The van der Waals surface area contributed by atoms with Gasteiger partial charge in [-0.05, 0) is 23.9 Å². The second-order valence-corrected chi connectivity index (χ2v) is 6.76. The number of aromatic nitrogens is 2. The van der Waals surface area contributed by atoms with Crippen LogP contribution in [0.4, 0.5) is 0 Å². The van der Waals surface area contributed by atoms with Gasteiger partial charge in [0.05, 0.1) is 10.8 Å². The zero-order valence-corrected chi connectivity index (χ0v) is 13.2. The third kappa shape index (κ3) is 2.69. The van der Waals surface area contributed by atoms with E-state index in [1.165, 1.54) is 11.1 Å². The molecule has 3 heterocycles. The molecule has 1 fully saturated rings. The smallest absolute Gasteiger partial charge is 0.232 e. The molecule has 22 heavy (non-hydrogen) atoms. The zero-order valence-electron chi connectivity index (χ0n) is 12.4. The second kappa shape index (κ2) is 5.66. The van der Waals surface area contributed by atoms with Crippen LogP contribution in [-0.4, -0.2) is 28.1 Å². The summed E-state index contributed by atoms with van der Waals surface area (Å²) < 4.78 is 5.43. The molecule has 4 rings (SSSR count). The Morgan fingerprint density at radius 2 is 2.05 bits per heavy atom. The quantitative estimate of drug-likeness (QED) is 0.736. The number of aryl methyl sites for hydroxylation is 1. The fourth-order valence-corrected chi connectivity index (χ4v) is 3.36. The Morgan fingerprint density at radius 3 is 2.77 bits per heavy atom. The Kier molecular flexibility index (Phi) is 3.52. The maximum atomic E-state index is 5.43. The predicted octanol–water partition coefficient (Wildman–Crippen LogP) is 3.71. The average molecular weight is 311 g/mol. The van der Waals surface area contributed by atoms with Crippen molar-refractivity contribution in [2.45, 2.75) is 19.4 Å². The Labute approximate surface area is 133 Å². The van der Waals surface area contributed by atoms with E-state index in [0.717, 1.165) is 30.4 Å². The summed E-state index contributed by atoms with van der Waals surface area (Å²) >= 11 is 1.63. The van der Waals surface area contributed by atoms with E-state index >= 15 is 0 Å². The third-order valence-electron chi connectivity index (χ3n) is 4.02. The molecule has 0 atom stereocenters. The second-order valence-electron chi connectivity index (χ2n) is 5.81. The maximum Gasteiger partial charge on any atom is 0.232 e. The van der Waals surface area contributed by atoms with E-state index in [2.05, 4.69) is 46.2 Å². The summed E-state index contributed by atoms with van der Waals surface area (Å²) in [5.74, 6) is 1.84. The number of rotatable bonds is 4. The van der Waals surface area contributed by atoms with Gasteiger partial charge in [-0.25, -0.2) is 0 Å². The van der Waals surface area contributed by atoms with Crippen LogP contribution in [0.5, 0.6) is 0 Å². The molecule has 2 aromatic heterocycles. The zero-order chi connectivity index (χ0) is 14.9. The van der Waals surface area contributed by atoms with Crippen molar-refractivity contribution in [3.8, 4) is 10.7 Å². The lowest BCUT2D eigenvalue weighted by Crippen LogP contribution is -2.44. The van der Waals surface area contributed by atoms with Gasteiger partial charge in [0, 0.05) is 19.6 Å². The highest BCUT2D eigenvalue weighted by Crippen LogP contribution is 2.29. The van der Waals surface area contributed by atoms with Crippen LogP contribution in [0, 0.1) is 6.92 Å². The number of likely N-dealkylation sites (tertiary alicyclic amines) is 1. The molecule has 5 heteroatoms. The van der Waals surface area contributed by atoms with Crippen LogP contribution in [0.25, 0.3) is 10.7 Å². The summed E-state index contributed by atoms with van der Waals surface area (Å²) in [7, 11) is 0. The molecule has 0 aliphatic carbocycles. The van der Waals surface area contributed by atoms with E-state index in [1.54, 1.807) is 11.3 Å². The highest BCUT2D eigenvalue weighted by Gasteiger charge is 2.32. The first-order valence-corrected chi connectivity index (χ1v) is 8.31. The van der Waals surface area contributed by atoms with E-state index in [0.29, 0.717) is 11.7 Å². The SMILES string of the molecule is Cc1ccc(CN2CC(c3nc(-c4cccs4)no3)C2)cc1. The molecule has 0 spiro atoms. The van der Waals surface area contributed by atoms with Gasteiger partial charge in [0.1, 0.15) is 0 Å². The number of nitrogens with zero attached hydrogens (tertiary/aromatic N) is 3. The fraction of sp³-hybridized carbons (Fsp3) is 0.294. The van der Waals surface area contributed by atoms with Crippen LogP contribution in [0.15, 0.2) is 46.3 Å². The number of benzene rings is 1. The van der Waals surface area contributed by atoms with Gasteiger partial charge in [0.25, 0.3) is 0 Å². The van der Waals surface area contributed by atoms with Gasteiger partial charge in [-0.1, -0.05) is 41.1 Å². The molecular weight excluding hydrogens is 294 g/mol. The van der Waals surface area contributed by atoms with Crippen molar-refractivity contribution in [1.82, 2.24) is 15.0 Å². The van der Waals surface area contributed by atoms with Crippen LogP contribution in [0.1, 0.15) is 22.9 Å². The van der Waals surface area contributed by atoms with Crippen LogP contribution in [-0.2, 0) is 6.54 Å². The maximum absolute atomic E-state index is 5.43. The van der Waals surface area contributed by atoms with Gasteiger partial charge >= 0.3 is 0 Å². The van der Waals surface area contributed by atoms with Crippen molar-refractivity contribution in [3.05, 3.63) is 58.8 Å². The molecule has 0 N–H and O–H groups in total. The van der Waals surface area contributed by atoms with Crippen LogP contribution < -0.4 is 0 Å². The molecule has 1 saturated heterocycles. The van der Waals surface area contributed by atoms with Crippen molar-refractivity contribution in [3.63, 3.8) is 0 Å². The summed E-state index contributed by atoms with van der Waals surface area (Å²) in [5, 5.41) is 6.11. The Bertz CT molecular complexity index is 743. The standard InChI is InChI=1S/C17H17N3OS/c1-12-4-6-13(7-5-12)9-20-10-14(11-20)17-18-16(19-21-17)15-3-2-8-22-15/h2-8,14H,9-11H2,1H3. The van der Waals surface area contributed by atoms with E-state index in [-0.39, 0.29) is 0 Å². The molecule has 1 aliphatic rings. The molecule has 0 amide bonds. The highest BCUT2D eigenvalue weighted by atomic mass is 32.1. The van der Waals surface area contributed by atoms with Crippen molar-refractivity contribution >= 4 is 11.3 Å². The first kappa shape index (κ1) is 13.7. The Morgan fingerprint density at radius 1 is 1.23 bits per heavy atom. The average Bonchev–Trinajstić information content (AvgIpc) is 3.15. The van der Waals surface area contributed by atoms with Crippen molar-refractivity contribution in [1.29, 1.82) is 0 Å². The van der Waals surface area contributed by atoms with Gasteiger partial charge in [0.15, 0.2) is 0 Å². The summed E-state index contributed by atoms with van der Waals surface area (Å²) in [6, 6.07) is 12.7. The molecule has 0 radical (unpaired) electrons. The first-order chi connectivity index (χ1) is 10.8. The molecule has 0 bridgehead atoms. The van der Waals surface area contributed by atoms with E-state index in [4.69, 9.17) is 4.52 Å². The minimum atomic E-state index is 0.367. The van der Waals surface area contributed by atoms with E-state index in [9.17, 15) is 0 Å². The monoisotopic (exact) mass is 311 g/mol. The van der Waals surface area contributed by atoms with Gasteiger partial charge in [-0.2, -0.15) is 4.98 Å². The molecule has 1 aromatic carbocycles. The van der Waals surface area contributed by atoms with Gasteiger partial charge in [0.2, 0.25) is 11.7 Å². The van der Waals surface area contributed by atoms with Crippen LogP contribution in [0.3, 0.4) is 0 Å². The molecule has 1 aliphatic heterocycles. The van der Waals surface area contributed by atoms with Crippen molar-refractivity contribution in [2.24, 2.45) is 0 Å². The third-order valence-corrected chi connectivity index (χ3v) is 4.88. The summed E-state index contributed by atoms with van der Waals surface area (Å²) in [5.41, 5.74) is 2.66. The Balaban J connectivity index is 1.36. The number of hydrogen-bond donors (Lipinski definition) is 0. The van der Waals surface area contributed by atoms with Crippen molar-refractivity contribution < 1.29 is 4.52 Å². The summed E-state index contributed by atoms with van der Waals surface area (Å²) in [6.07, 6.45) is 0. The minimum Gasteiger partial charge on any atom is -0.339 e. The number of thiophene rings is 1. The lowest BCUT2D eigenvalue weighted by Gasteiger charge is -2.37. The molecule has 4 nitrogen and oxygen atoms in total. The molecule has 3 aromatic rings. The minimum absolute atomic E-state index is 0.367. The molecule has 112 valence electrons. The Hall–Kier alpha value is -1.98. The molecule has 0 unspecified atom stereocenters. The predicted molar refractivity (Wildman–Crippen MR) is 86.8 cm³/mol. The lowest BCUT2D eigenvalue weighted by atomic mass is 9.99. The van der Waals surface area contributed by atoms with Crippen molar-refractivity contribution in [2.75, 3.05) is 13.1 Å². The van der Waals surface area contributed by atoms with Crippen LogP contribution >= 0.6 is 11.3 Å². The lowest BCUT2D eigenvalue weighted by molar-refractivity contribution is 0.117. The van der Waals surface area contributed by atoms with Gasteiger partial charge in [-0.3, -0.25) is 4.90 Å². The summed E-state index contributed by atoms with van der Waals surface area (Å²) in [6.45, 7) is 5.08. The highest BCUT2D eigenvalue weighted by molar-refractivity contribution is 7.13.